The summed E-state index contributed by atoms with van der Waals surface area (Å²) in [6.45, 7) is 0.790. The summed E-state index contributed by atoms with van der Waals surface area (Å²) in [6, 6.07) is 12.9. The van der Waals surface area contributed by atoms with Gasteiger partial charge >= 0.3 is 0 Å². The molecule has 1 saturated carbocycles. The monoisotopic (exact) mass is 391 g/mol. The molecule has 1 unspecified atom stereocenters. The largest absolute Gasteiger partial charge is 0.361 e. The Balaban J connectivity index is 1.41. The van der Waals surface area contributed by atoms with Crippen LogP contribution in [-0.2, 0) is 5.54 Å². The number of benzene rings is 1. The molecule has 6 nitrogen and oxygen atoms in total. The number of aliphatic hydroxyl groups is 1. The van der Waals surface area contributed by atoms with Crippen LogP contribution in [0.15, 0.2) is 55.0 Å². The van der Waals surface area contributed by atoms with Crippen LogP contribution in [0.4, 0.5) is 5.69 Å². The standard InChI is InChI=1S/C23H29N5O/c1-27(2)23(17-6-4-3-5-7-17)11-9-22(10-12-23)16-28(21(29)26-22)20-15-24-14-19-18(20)8-13-25-19/h3-8,13-15,21,25-26,29H,9-12,16H2,1-2H3. The second-order valence-corrected chi connectivity index (χ2v) is 8.82. The summed E-state index contributed by atoms with van der Waals surface area (Å²) in [5.74, 6) is 0. The first kappa shape index (κ1) is 18.6. The molecule has 2 aliphatic rings. The maximum absolute atomic E-state index is 10.9. The fraction of sp³-hybridized carbons (Fsp3) is 0.435. The summed E-state index contributed by atoms with van der Waals surface area (Å²) < 4.78 is 0. The predicted octanol–water partition coefficient (Wildman–Crippen LogP) is 3.02. The number of nitrogens with one attached hydrogen (secondary N) is 2. The Morgan fingerprint density at radius 3 is 2.55 bits per heavy atom. The van der Waals surface area contributed by atoms with Crippen molar-refractivity contribution in [2.45, 2.75) is 43.1 Å². The summed E-state index contributed by atoms with van der Waals surface area (Å²) in [7, 11) is 4.37. The molecule has 0 radical (unpaired) electrons. The van der Waals surface area contributed by atoms with Gasteiger partial charge in [-0.05, 0) is 51.4 Å². The number of aromatic amines is 1. The van der Waals surface area contributed by atoms with E-state index in [4.69, 9.17) is 0 Å². The van der Waals surface area contributed by atoms with Crippen molar-refractivity contribution >= 4 is 16.6 Å². The van der Waals surface area contributed by atoms with Gasteiger partial charge in [0, 0.05) is 29.2 Å². The number of pyridine rings is 1. The van der Waals surface area contributed by atoms with E-state index in [1.807, 2.05) is 18.6 Å². The molecular formula is C23H29N5O. The van der Waals surface area contributed by atoms with E-state index in [0.717, 1.165) is 48.8 Å². The first-order valence-corrected chi connectivity index (χ1v) is 10.4. The molecule has 2 aromatic heterocycles. The van der Waals surface area contributed by atoms with Gasteiger partial charge in [0.15, 0.2) is 6.35 Å². The Bertz CT molecular complexity index is 991. The summed E-state index contributed by atoms with van der Waals surface area (Å²) in [5, 5.41) is 15.5. The average Bonchev–Trinajstić information content (AvgIpc) is 3.34. The number of anilines is 1. The smallest absolute Gasteiger partial charge is 0.184 e. The summed E-state index contributed by atoms with van der Waals surface area (Å²) >= 11 is 0. The molecule has 5 rings (SSSR count). The first-order valence-electron chi connectivity index (χ1n) is 10.4. The zero-order valence-corrected chi connectivity index (χ0v) is 17.1. The number of H-pyrrole nitrogens is 1. The van der Waals surface area contributed by atoms with Gasteiger partial charge in [-0.15, -0.1) is 0 Å². The maximum Gasteiger partial charge on any atom is 0.184 e. The van der Waals surface area contributed by atoms with Crippen LogP contribution in [-0.4, -0.2) is 52.5 Å². The zero-order valence-electron chi connectivity index (χ0n) is 17.1. The Kier molecular flexibility index (Phi) is 4.38. The highest BCUT2D eigenvalue weighted by Gasteiger charge is 2.50. The lowest BCUT2D eigenvalue weighted by Gasteiger charge is -2.49. The van der Waals surface area contributed by atoms with Crippen LogP contribution in [0.5, 0.6) is 0 Å². The Hall–Kier alpha value is -2.41. The Morgan fingerprint density at radius 1 is 1.07 bits per heavy atom. The van der Waals surface area contributed by atoms with E-state index in [2.05, 4.69) is 75.6 Å². The molecular weight excluding hydrogens is 362 g/mol. The van der Waals surface area contributed by atoms with Crippen LogP contribution in [0.3, 0.4) is 0 Å². The van der Waals surface area contributed by atoms with Crippen LogP contribution in [0.25, 0.3) is 10.9 Å². The molecule has 0 bridgehead atoms. The number of aromatic nitrogens is 2. The van der Waals surface area contributed by atoms with Gasteiger partial charge in [0.25, 0.3) is 0 Å². The lowest BCUT2D eigenvalue weighted by Crippen LogP contribution is -2.54. The first-order chi connectivity index (χ1) is 14.0. The molecule has 1 spiro atoms. The van der Waals surface area contributed by atoms with Crippen molar-refractivity contribution in [2.24, 2.45) is 0 Å². The fourth-order valence-corrected chi connectivity index (χ4v) is 5.41. The van der Waals surface area contributed by atoms with Gasteiger partial charge in [-0.25, -0.2) is 0 Å². The van der Waals surface area contributed by atoms with E-state index < -0.39 is 6.35 Å². The van der Waals surface area contributed by atoms with Gasteiger partial charge < -0.3 is 15.0 Å². The van der Waals surface area contributed by atoms with E-state index in [-0.39, 0.29) is 11.1 Å². The van der Waals surface area contributed by atoms with Crippen molar-refractivity contribution in [3.8, 4) is 0 Å². The van der Waals surface area contributed by atoms with Gasteiger partial charge in [0.1, 0.15) is 0 Å². The van der Waals surface area contributed by atoms with Crippen LogP contribution in [0.1, 0.15) is 31.2 Å². The minimum atomic E-state index is -0.694. The molecule has 29 heavy (non-hydrogen) atoms. The van der Waals surface area contributed by atoms with Gasteiger partial charge in [0.05, 0.1) is 23.6 Å². The number of fused-ring (bicyclic) bond motifs is 1. The van der Waals surface area contributed by atoms with Gasteiger partial charge in [-0.1, -0.05) is 30.3 Å². The molecule has 6 heteroatoms. The molecule has 2 fully saturated rings. The summed E-state index contributed by atoms with van der Waals surface area (Å²) in [5.41, 5.74) is 3.33. The molecule has 3 N–H and O–H groups in total. The second-order valence-electron chi connectivity index (χ2n) is 8.82. The number of hydrogen-bond donors (Lipinski definition) is 3. The highest BCUT2D eigenvalue weighted by atomic mass is 16.3. The predicted molar refractivity (Wildman–Crippen MR) is 116 cm³/mol. The van der Waals surface area contributed by atoms with E-state index in [1.165, 1.54) is 5.56 Å². The molecule has 1 saturated heterocycles. The number of nitrogens with zero attached hydrogens (tertiary/aromatic N) is 3. The fourth-order valence-electron chi connectivity index (χ4n) is 5.41. The molecule has 1 aliphatic carbocycles. The van der Waals surface area contributed by atoms with E-state index >= 15 is 0 Å². The summed E-state index contributed by atoms with van der Waals surface area (Å²) in [6.07, 6.45) is 9.07. The molecule has 1 aliphatic heterocycles. The van der Waals surface area contributed by atoms with Crippen molar-refractivity contribution in [2.75, 3.05) is 25.5 Å². The van der Waals surface area contributed by atoms with Crippen LogP contribution in [0.2, 0.25) is 0 Å². The van der Waals surface area contributed by atoms with Crippen LogP contribution >= 0.6 is 0 Å². The van der Waals surface area contributed by atoms with Gasteiger partial charge in [-0.3, -0.25) is 15.2 Å². The molecule has 1 aromatic carbocycles. The van der Waals surface area contributed by atoms with E-state index in [1.54, 1.807) is 0 Å². The highest BCUT2D eigenvalue weighted by Crippen LogP contribution is 2.47. The lowest BCUT2D eigenvalue weighted by atomic mass is 9.69. The maximum atomic E-state index is 10.9. The Morgan fingerprint density at radius 2 is 1.83 bits per heavy atom. The van der Waals surface area contributed by atoms with Crippen molar-refractivity contribution < 1.29 is 5.11 Å². The summed E-state index contributed by atoms with van der Waals surface area (Å²) in [4.78, 5) is 12.0. The van der Waals surface area contributed by atoms with Crippen molar-refractivity contribution in [1.82, 2.24) is 20.2 Å². The van der Waals surface area contributed by atoms with Gasteiger partial charge in [-0.2, -0.15) is 0 Å². The molecule has 152 valence electrons. The van der Waals surface area contributed by atoms with Crippen LogP contribution in [0, 0.1) is 0 Å². The zero-order chi connectivity index (χ0) is 20.1. The molecule has 3 aromatic rings. The lowest BCUT2D eigenvalue weighted by molar-refractivity contribution is 0.0513. The highest BCUT2D eigenvalue weighted by molar-refractivity contribution is 5.91. The second kappa shape index (κ2) is 6.83. The third-order valence-corrected chi connectivity index (χ3v) is 7.17. The normalized spacial score (nSPS) is 29.9. The Labute approximate surface area is 171 Å². The average molecular weight is 392 g/mol. The number of aliphatic hydroxyl groups excluding tert-OH is 1. The van der Waals surface area contributed by atoms with Crippen molar-refractivity contribution in [3.05, 3.63) is 60.6 Å². The minimum absolute atomic E-state index is 0.0504. The van der Waals surface area contributed by atoms with E-state index in [0.29, 0.717) is 0 Å². The van der Waals surface area contributed by atoms with Crippen molar-refractivity contribution in [3.63, 3.8) is 0 Å². The molecule has 3 heterocycles. The van der Waals surface area contributed by atoms with Gasteiger partial charge in [0.2, 0.25) is 0 Å². The molecule has 0 amide bonds. The van der Waals surface area contributed by atoms with E-state index in [9.17, 15) is 5.11 Å². The SMILES string of the molecule is CN(C)C1(c2ccccc2)CCC2(CC1)CN(c1cncc3[nH]ccc13)C(O)N2. The minimum Gasteiger partial charge on any atom is -0.361 e. The third-order valence-electron chi connectivity index (χ3n) is 7.17. The number of hydrogen-bond acceptors (Lipinski definition) is 5. The molecule has 1 atom stereocenters. The van der Waals surface area contributed by atoms with Crippen LogP contribution < -0.4 is 10.2 Å². The topological polar surface area (TPSA) is 67.4 Å². The number of rotatable bonds is 3. The third kappa shape index (κ3) is 2.94. The van der Waals surface area contributed by atoms with Crippen molar-refractivity contribution in [1.29, 1.82) is 0 Å². The quantitative estimate of drug-likeness (QED) is 0.640.